The average Bonchev–Trinajstić information content (AvgIpc) is 2.40. The molecule has 100 valence electrons. The van der Waals surface area contributed by atoms with Crippen molar-refractivity contribution >= 4 is 0 Å². The summed E-state index contributed by atoms with van der Waals surface area (Å²) in [6, 6.07) is 8.67. The van der Waals surface area contributed by atoms with Crippen molar-refractivity contribution in [3.05, 3.63) is 35.4 Å². The molecule has 1 aromatic rings. The van der Waals surface area contributed by atoms with E-state index >= 15 is 0 Å². The van der Waals surface area contributed by atoms with Crippen molar-refractivity contribution in [2.24, 2.45) is 0 Å². The summed E-state index contributed by atoms with van der Waals surface area (Å²) in [5, 5.41) is 10.7. The minimum atomic E-state index is -0.562. The minimum Gasteiger partial charge on any atom is -0.385 e. The Labute approximate surface area is 111 Å². The summed E-state index contributed by atoms with van der Waals surface area (Å²) in [6.45, 7) is 6.78. The Morgan fingerprint density at radius 2 is 1.61 bits per heavy atom. The van der Waals surface area contributed by atoms with E-state index < -0.39 is 5.60 Å². The highest BCUT2D eigenvalue weighted by Gasteiger charge is 2.31. The molecule has 2 rings (SSSR count). The molecule has 1 heteroatoms. The van der Waals surface area contributed by atoms with Gasteiger partial charge in [0.25, 0.3) is 0 Å². The van der Waals surface area contributed by atoms with E-state index in [1.54, 1.807) is 0 Å². The smallest absolute Gasteiger partial charge is 0.0896 e. The normalized spacial score (nSPS) is 19.8. The van der Waals surface area contributed by atoms with Crippen LogP contribution in [0.5, 0.6) is 0 Å². The maximum Gasteiger partial charge on any atom is 0.0896 e. The molecular weight excluding hydrogens is 220 g/mol. The Bertz CT molecular complexity index is 383. The van der Waals surface area contributed by atoms with Crippen LogP contribution in [0.15, 0.2) is 24.3 Å². The molecule has 0 aliphatic heterocycles. The van der Waals surface area contributed by atoms with Gasteiger partial charge in [0.2, 0.25) is 0 Å². The second-order valence-corrected chi connectivity index (χ2v) is 6.41. The van der Waals surface area contributed by atoms with Crippen LogP contribution in [0, 0.1) is 0 Å². The van der Waals surface area contributed by atoms with Crippen LogP contribution in [0.1, 0.15) is 70.4 Å². The van der Waals surface area contributed by atoms with Gasteiger partial charge in [-0.15, -0.1) is 0 Å². The molecule has 1 saturated carbocycles. The first-order valence-electron chi connectivity index (χ1n) is 7.31. The molecule has 0 aromatic heterocycles. The first kappa shape index (κ1) is 13.6. The molecule has 1 aromatic carbocycles. The zero-order chi connectivity index (χ0) is 13.2. The van der Waals surface area contributed by atoms with Crippen molar-refractivity contribution in [2.75, 3.05) is 0 Å². The van der Waals surface area contributed by atoms with E-state index in [4.69, 9.17) is 0 Å². The van der Waals surface area contributed by atoms with E-state index in [0.29, 0.717) is 0 Å². The Balaban J connectivity index is 2.22. The highest BCUT2D eigenvalue weighted by atomic mass is 16.3. The van der Waals surface area contributed by atoms with Gasteiger partial charge in [0.05, 0.1) is 5.60 Å². The fourth-order valence-electron chi connectivity index (χ4n) is 2.86. The summed E-state index contributed by atoms with van der Waals surface area (Å²) in [7, 11) is 0. The third-order valence-corrected chi connectivity index (χ3v) is 4.77. The lowest BCUT2D eigenvalue weighted by Crippen LogP contribution is -2.28. The Morgan fingerprint density at radius 1 is 1.06 bits per heavy atom. The maximum atomic E-state index is 10.7. The van der Waals surface area contributed by atoms with Gasteiger partial charge in [-0.1, -0.05) is 64.3 Å². The number of aliphatic hydroxyl groups is 1. The van der Waals surface area contributed by atoms with Crippen molar-refractivity contribution in [3.63, 3.8) is 0 Å². The standard InChI is InChI=1S/C17H26O/c1-4-16(2,3)14-8-10-15(11-9-14)17(18)12-6-5-7-13-17/h8-11,18H,4-7,12-13H2,1-3H3. The van der Waals surface area contributed by atoms with E-state index in [9.17, 15) is 5.11 Å². The van der Waals surface area contributed by atoms with Crippen LogP contribution in [0.25, 0.3) is 0 Å². The third kappa shape index (κ3) is 2.61. The molecule has 1 aliphatic carbocycles. The molecule has 0 bridgehead atoms. The fraction of sp³-hybridized carbons (Fsp3) is 0.647. The van der Waals surface area contributed by atoms with E-state index in [1.807, 2.05) is 0 Å². The summed E-state index contributed by atoms with van der Waals surface area (Å²) in [4.78, 5) is 0. The summed E-state index contributed by atoms with van der Waals surface area (Å²) >= 11 is 0. The van der Waals surface area contributed by atoms with Crippen LogP contribution >= 0.6 is 0 Å². The summed E-state index contributed by atoms with van der Waals surface area (Å²) in [5.74, 6) is 0. The lowest BCUT2D eigenvalue weighted by molar-refractivity contribution is -0.000654. The number of hydrogen-bond acceptors (Lipinski definition) is 1. The second kappa shape index (κ2) is 5.05. The SMILES string of the molecule is CCC(C)(C)c1ccc(C2(O)CCCCC2)cc1. The zero-order valence-corrected chi connectivity index (χ0v) is 12.0. The van der Waals surface area contributed by atoms with Crippen molar-refractivity contribution < 1.29 is 5.11 Å². The predicted octanol–water partition coefficient (Wildman–Crippen LogP) is 4.53. The first-order valence-corrected chi connectivity index (χ1v) is 7.31. The van der Waals surface area contributed by atoms with Gasteiger partial charge in [-0.25, -0.2) is 0 Å². The molecule has 0 atom stereocenters. The van der Waals surface area contributed by atoms with E-state index in [1.165, 1.54) is 12.0 Å². The second-order valence-electron chi connectivity index (χ2n) is 6.41. The van der Waals surface area contributed by atoms with Crippen LogP contribution in [-0.4, -0.2) is 5.11 Å². The zero-order valence-electron chi connectivity index (χ0n) is 12.0. The average molecular weight is 246 g/mol. The molecule has 1 fully saturated rings. The topological polar surface area (TPSA) is 20.2 Å². The van der Waals surface area contributed by atoms with E-state index in [-0.39, 0.29) is 5.41 Å². The summed E-state index contributed by atoms with van der Waals surface area (Å²) in [5.41, 5.74) is 2.15. The van der Waals surface area contributed by atoms with Gasteiger partial charge in [0.15, 0.2) is 0 Å². The van der Waals surface area contributed by atoms with Gasteiger partial charge < -0.3 is 5.11 Å². The first-order chi connectivity index (χ1) is 8.48. The van der Waals surface area contributed by atoms with Crippen LogP contribution in [0.2, 0.25) is 0 Å². The molecule has 0 heterocycles. The maximum absolute atomic E-state index is 10.7. The molecule has 1 N–H and O–H groups in total. The molecule has 18 heavy (non-hydrogen) atoms. The van der Waals surface area contributed by atoms with Crippen molar-refractivity contribution in [1.29, 1.82) is 0 Å². The lowest BCUT2D eigenvalue weighted by Gasteiger charge is -2.33. The molecular formula is C17H26O. The number of rotatable bonds is 3. The molecule has 0 amide bonds. The van der Waals surface area contributed by atoms with Gasteiger partial charge in [-0.05, 0) is 35.8 Å². The van der Waals surface area contributed by atoms with E-state index in [0.717, 1.165) is 37.7 Å². The molecule has 1 aliphatic rings. The van der Waals surface area contributed by atoms with Gasteiger partial charge in [-0.3, -0.25) is 0 Å². The molecule has 0 unspecified atom stereocenters. The van der Waals surface area contributed by atoms with E-state index in [2.05, 4.69) is 45.0 Å². The van der Waals surface area contributed by atoms with Crippen LogP contribution in [0.4, 0.5) is 0 Å². The molecule has 0 spiro atoms. The Morgan fingerprint density at radius 3 is 2.11 bits per heavy atom. The van der Waals surface area contributed by atoms with Crippen LogP contribution in [0.3, 0.4) is 0 Å². The predicted molar refractivity (Wildman–Crippen MR) is 76.7 cm³/mol. The number of benzene rings is 1. The van der Waals surface area contributed by atoms with Gasteiger partial charge >= 0.3 is 0 Å². The van der Waals surface area contributed by atoms with Crippen LogP contribution in [-0.2, 0) is 11.0 Å². The molecule has 1 nitrogen and oxygen atoms in total. The highest BCUT2D eigenvalue weighted by Crippen LogP contribution is 2.37. The lowest BCUT2D eigenvalue weighted by atomic mass is 9.77. The van der Waals surface area contributed by atoms with Gasteiger partial charge in [0.1, 0.15) is 0 Å². The largest absolute Gasteiger partial charge is 0.385 e. The number of hydrogen-bond donors (Lipinski definition) is 1. The molecule has 0 saturated heterocycles. The Kier molecular flexibility index (Phi) is 3.82. The van der Waals surface area contributed by atoms with Gasteiger partial charge in [-0.2, -0.15) is 0 Å². The monoisotopic (exact) mass is 246 g/mol. The summed E-state index contributed by atoms with van der Waals surface area (Å²) < 4.78 is 0. The van der Waals surface area contributed by atoms with Crippen molar-refractivity contribution in [1.82, 2.24) is 0 Å². The summed E-state index contributed by atoms with van der Waals surface area (Å²) in [6.07, 6.45) is 6.55. The highest BCUT2D eigenvalue weighted by molar-refractivity contribution is 5.31. The third-order valence-electron chi connectivity index (χ3n) is 4.77. The van der Waals surface area contributed by atoms with Gasteiger partial charge in [0, 0.05) is 0 Å². The van der Waals surface area contributed by atoms with Crippen LogP contribution < -0.4 is 0 Å². The quantitative estimate of drug-likeness (QED) is 0.831. The van der Waals surface area contributed by atoms with Crippen molar-refractivity contribution in [3.8, 4) is 0 Å². The molecule has 0 radical (unpaired) electrons. The fourth-order valence-corrected chi connectivity index (χ4v) is 2.86. The van der Waals surface area contributed by atoms with Crippen molar-refractivity contribution in [2.45, 2.75) is 70.3 Å². The minimum absolute atomic E-state index is 0.230. The Hall–Kier alpha value is -0.820.